The lowest BCUT2D eigenvalue weighted by atomic mass is 9.79. The highest BCUT2D eigenvalue weighted by molar-refractivity contribution is 5.75. The van der Waals surface area contributed by atoms with E-state index >= 15 is 0 Å². The molecule has 0 saturated carbocycles. The number of aryl methyl sites for hydroxylation is 1. The highest BCUT2D eigenvalue weighted by atomic mass is 16.1. The second kappa shape index (κ2) is 6.73. The highest BCUT2D eigenvalue weighted by Gasteiger charge is 2.27. The Morgan fingerprint density at radius 1 is 1.08 bits per heavy atom. The normalized spacial score (nSPS) is 21.5. The van der Waals surface area contributed by atoms with Crippen LogP contribution < -0.4 is 11.0 Å². The Hall–Kier alpha value is -1.59. The van der Waals surface area contributed by atoms with Crippen LogP contribution >= 0.6 is 0 Å². The standard InChI is InChI=1S/C19H28N4O/c1-22-18-12-14(2-3-17(18)21-19(22)24)13-23-10-6-16(7-11-23)15-4-8-20-9-5-15/h2-3,12,15-16,20H,4-11,13H2,1H3,(H,21,24). The van der Waals surface area contributed by atoms with Gasteiger partial charge in [-0.1, -0.05) is 6.07 Å². The van der Waals surface area contributed by atoms with Gasteiger partial charge in [0.15, 0.2) is 0 Å². The van der Waals surface area contributed by atoms with Crippen LogP contribution in [0.4, 0.5) is 0 Å². The lowest BCUT2D eigenvalue weighted by Crippen LogP contribution is -2.39. The van der Waals surface area contributed by atoms with Gasteiger partial charge >= 0.3 is 5.69 Å². The fourth-order valence-corrected chi connectivity index (χ4v) is 4.52. The number of likely N-dealkylation sites (tertiary alicyclic amines) is 1. The summed E-state index contributed by atoms with van der Waals surface area (Å²) in [7, 11) is 1.83. The summed E-state index contributed by atoms with van der Waals surface area (Å²) >= 11 is 0. The van der Waals surface area contributed by atoms with E-state index in [-0.39, 0.29) is 5.69 Å². The zero-order valence-corrected chi connectivity index (χ0v) is 14.6. The molecule has 1 aromatic heterocycles. The van der Waals surface area contributed by atoms with Crippen molar-refractivity contribution in [1.82, 2.24) is 19.8 Å². The van der Waals surface area contributed by atoms with E-state index in [1.807, 2.05) is 13.1 Å². The maximum atomic E-state index is 11.7. The van der Waals surface area contributed by atoms with Gasteiger partial charge in [-0.3, -0.25) is 9.47 Å². The molecule has 24 heavy (non-hydrogen) atoms. The third-order valence-electron chi connectivity index (χ3n) is 6.06. The Labute approximate surface area is 143 Å². The summed E-state index contributed by atoms with van der Waals surface area (Å²) in [6.07, 6.45) is 5.41. The van der Waals surface area contributed by atoms with Crippen LogP contribution in [0.25, 0.3) is 11.0 Å². The number of hydrogen-bond donors (Lipinski definition) is 2. The number of imidazole rings is 1. The first kappa shape index (κ1) is 15.9. The van der Waals surface area contributed by atoms with Crippen LogP contribution in [0, 0.1) is 11.8 Å². The van der Waals surface area contributed by atoms with Gasteiger partial charge < -0.3 is 10.3 Å². The average molecular weight is 328 g/mol. The summed E-state index contributed by atoms with van der Waals surface area (Å²) in [6.45, 7) is 5.83. The number of aromatic amines is 1. The Bertz CT molecular complexity index is 748. The van der Waals surface area contributed by atoms with Crippen molar-refractivity contribution in [3.63, 3.8) is 0 Å². The molecule has 3 heterocycles. The van der Waals surface area contributed by atoms with E-state index in [4.69, 9.17) is 0 Å². The lowest BCUT2D eigenvalue weighted by Gasteiger charge is -2.37. The fourth-order valence-electron chi connectivity index (χ4n) is 4.52. The van der Waals surface area contributed by atoms with Gasteiger partial charge in [-0.15, -0.1) is 0 Å². The number of H-pyrrole nitrogens is 1. The molecule has 0 radical (unpaired) electrons. The van der Waals surface area contributed by atoms with Crippen molar-refractivity contribution in [2.24, 2.45) is 18.9 Å². The quantitative estimate of drug-likeness (QED) is 0.907. The lowest BCUT2D eigenvalue weighted by molar-refractivity contribution is 0.126. The van der Waals surface area contributed by atoms with Crippen LogP contribution in [-0.4, -0.2) is 40.6 Å². The van der Waals surface area contributed by atoms with Gasteiger partial charge in [0.1, 0.15) is 0 Å². The molecule has 2 aliphatic heterocycles. The number of rotatable bonds is 3. The van der Waals surface area contributed by atoms with Crippen LogP contribution in [0.2, 0.25) is 0 Å². The summed E-state index contributed by atoms with van der Waals surface area (Å²) in [5, 5.41) is 3.48. The zero-order valence-electron chi connectivity index (χ0n) is 14.6. The Morgan fingerprint density at radius 2 is 1.79 bits per heavy atom. The molecule has 5 heteroatoms. The van der Waals surface area contributed by atoms with Crippen molar-refractivity contribution in [1.29, 1.82) is 0 Å². The summed E-state index contributed by atoms with van der Waals surface area (Å²) in [5.41, 5.74) is 3.19. The summed E-state index contributed by atoms with van der Waals surface area (Å²) in [4.78, 5) is 17.2. The smallest absolute Gasteiger partial charge is 0.317 e. The van der Waals surface area contributed by atoms with Gasteiger partial charge in [0, 0.05) is 13.6 Å². The molecule has 0 bridgehead atoms. The van der Waals surface area contributed by atoms with Crippen molar-refractivity contribution in [2.75, 3.05) is 26.2 Å². The zero-order chi connectivity index (χ0) is 16.5. The Kier molecular flexibility index (Phi) is 4.46. The first-order chi connectivity index (χ1) is 11.7. The number of fused-ring (bicyclic) bond motifs is 1. The highest BCUT2D eigenvalue weighted by Crippen LogP contribution is 2.31. The van der Waals surface area contributed by atoms with E-state index in [9.17, 15) is 4.79 Å². The number of piperidine rings is 2. The minimum Gasteiger partial charge on any atom is -0.317 e. The molecule has 0 aliphatic carbocycles. The molecular formula is C19H28N4O. The van der Waals surface area contributed by atoms with Crippen molar-refractivity contribution < 1.29 is 0 Å². The number of nitrogens with zero attached hydrogens (tertiary/aromatic N) is 2. The van der Waals surface area contributed by atoms with Crippen LogP contribution in [0.1, 0.15) is 31.2 Å². The Balaban J connectivity index is 1.38. The maximum absolute atomic E-state index is 11.7. The van der Waals surface area contributed by atoms with Crippen LogP contribution in [0.5, 0.6) is 0 Å². The Morgan fingerprint density at radius 3 is 2.54 bits per heavy atom. The van der Waals surface area contributed by atoms with Crippen LogP contribution in [0.15, 0.2) is 23.0 Å². The summed E-state index contributed by atoms with van der Waals surface area (Å²) in [5.74, 6) is 1.87. The second-order valence-corrected chi connectivity index (χ2v) is 7.54. The number of hydrogen-bond acceptors (Lipinski definition) is 3. The molecule has 2 fully saturated rings. The molecule has 130 valence electrons. The van der Waals surface area contributed by atoms with Gasteiger partial charge in [0.25, 0.3) is 0 Å². The van der Waals surface area contributed by atoms with Crippen LogP contribution in [0.3, 0.4) is 0 Å². The number of aromatic nitrogens is 2. The van der Waals surface area contributed by atoms with Crippen molar-refractivity contribution >= 4 is 11.0 Å². The molecule has 5 nitrogen and oxygen atoms in total. The van der Waals surface area contributed by atoms with E-state index in [1.165, 1.54) is 57.4 Å². The van der Waals surface area contributed by atoms with E-state index in [2.05, 4.69) is 27.3 Å². The van der Waals surface area contributed by atoms with E-state index in [0.29, 0.717) is 0 Å². The predicted octanol–water partition coefficient (Wildman–Crippen LogP) is 2.08. The number of nitrogens with one attached hydrogen (secondary N) is 2. The van der Waals surface area contributed by atoms with Crippen molar-refractivity contribution in [3.05, 3.63) is 34.2 Å². The average Bonchev–Trinajstić information content (AvgIpc) is 2.91. The molecule has 4 rings (SSSR count). The van der Waals surface area contributed by atoms with Gasteiger partial charge in [-0.25, -0.2) is 4.79 Å². The van der Waals surface area contributed by atoms with E-state index in [0.717, 1.165) is 29.4 Å². The molecule has 2 N–H and O–H groups in total. The first-order valence-corrected chi connectivity index (χ1v) is 9.31. The first-order valence-electron chi connectivity index (χ1n) is 9.31. The van der Waals surface area contributed by atoms with Crippen molar-refractivity contribution in [2.45, 2.75) is 32.2 Å². The van der Waals surface area contributed by atoms with E-state index in [1.54, 1.807) is 4.57 Å². The molecular weight excluding hydrogens is 300 g/mol. The molecule has 0 unspecified atom stereocenters. The summed E-state index contributed by atoms with van der Waals surface area (Å²) < 4.78 is 1.70. The molecule has 2 saturated heterocycles. The van der Waals surface area contributed by atoms with Gasteiger partial charge in [-0.05, 0) is 81.4 Å². The predicted molar refractivity (Wildman–Crippen MR) is 97.1 cm³/mol. The van der Waals surface area contributed by atoms with Gasteiger partial charge in [0.05, 0.1) is 11.0 Å². The molecule has 0 atom stereocenters. The SMILES string of the molecule is Cn1c(=O)[nH]c2ccc(CN3CCC(C4CCNCC4)CC3)cc21. The third-order valence-corrected chi connectivity index (χ3v) is 6.06. The third kappa shape index (κ3) is 3.15. The monoisotopic (exact) mass is 328 g/mol. The van der Waals surface area contributed by atoms with Crippen molar-refractivity contribution in [3.8, 4) is 0 Å². The topological polar surface area (TPSA) is 53.1 Å². The van der Waals surface area contributed by atoms with E-state index < -0.39 is 0 Å². The minimum absolute atomic E-state index is 0.0371. The molecule has 1 aromatic carbocycles. The van der Waals surface area contributed by atoms with Gasteiger partial charge in [0.2, 0.25) is 0 Å². The van der Waals surface area contributed by atoms with Crippen LogP contribution in [-0.2, 0) is 13.6 Å². The molecule has 0 spiro atoms. The largest absolute Gasteiger partial charge is 0.326 e. The molecule has 2 aromatic rings. The summed E-state index contributed by atoms with van der Waals surface area (Å²) in [6, 6.07) is 6.34. The molecule has 2 aliphatic rings. The minimum atomic E-state index is -0.0371. The molecule has 0 amide bonds. The fraction of sp³-hybridized carbons (Fsp3) is 0.632. The second-order valence-electron chi connectivity index (χ2n) is 7.54. The van der Waals surface area contributed by atoms with Gasteiger partial charge in [-0.2, -0.15) is 0 Å². The maximum Gasteiger partial charge on any atom is 0.326 e. The number of benzene rings is 1.